The number of fused-ring (bicyclic) bond motifs is 1. The maximum Gasteiger partial charge on any atom is 0.324 e. The molecule has 4 aromatic heterocycles. The van der Waals surface area contributed by atoms with E-state index in [-0.39, 0.29) is 11.9 Å². The molecule has 0 saturated carbocycles. The summed E-state index contributed by atoms with van der Waals surface area (Å²) >= 11 is 0. The fourth-order valence-electron chi connectivity index (χ4n) is 3.89. The number of benzene rings is 1. The topological polar surface area (TPSA) is 112 Å². The molecule has 182 valence electrons. The molecule has 0 aliphatic rings. The summed E-state index contributed by atoms with van der Waals surface area (Å²) in [6, 6.07) is 12.7. The zero-order chi connectivity index (χ0) is 25.2. The van der Waals surface area contributed by atoms with Gasteiger partial charge < -0.3 is 10.1 Å². The first kappa shape index (κ1) is 23.0. The van der Waals surface area contributed by atoms with Gasteiger partial charge >= 0.3 is 6.03 Å². The molecule has 5 rings (SSSR count). The lowest BCUT2D eigenvalue weighted by Crippen LogP contribution is -2.21. The second kappa shape index (κ2) is 9.49. The number of pyridine rings is 2. The molecule has 0 saturated heterocycles. The molecule has 10 nitrogen and oxygen atoms in total. The number of aromatic nitrogens is 6. The van der Waals surface area contributed by atoms with E-state index in [1.807, 2.05) is 69.7 Å². The predicted octanol–water partition coefficient (Wildman–Crippen LogP) is 4.99. The second-order valence-electron chi connectivity index (χ2n) is 8.62. The van der Waals surface area contributed by atoms with Gasteiger partial charge in [0.25, 0.3) is 0 Å². The van der Waals surface area contributed by atoms with Crippen LogP contribution < -0.4 is 15.4 Å². The second-order valence-corrected chi connectivity index (χ2v) is 8.62. The van der Waals surface area contributed by atoms with Crippen LogP contribution in [0.2, 0.25) is 0 Å². The van der Waals surface area contributed by atoms with Crippen molar-refractivity contribution < 1.29 is 9.53 Å². The molecular formula is C26H26N8O2. The Balaban J connectivity index is 1.34. The molecule has 0 atom stereocenters. The van der Waals surface area contributed by atoms with Gasteiger partial charge in [0.2, 0.25) is 5.88 Å². The minimum absolute atomic E-state index is 0.187. The Morgan fingerprint density at radius 2 is 1.81 bits per heavy atom. The van der Waals surface area contributed by atoms with Crippen molar-refractivity contribution in [3.63, 3.8) is 0 Å². The Morgan fingerprint density at radius 1 is 1.00 bits per heavy atom. The van der Waals surface area contributed by atoms with Crippen LogP contribution in [0.4, 0.5) is 16.3 Å². The van der Waals surface area contributed by atoms with E-state index in [1.54, 1.807) is 34.9 Å². The molecule has 10 heteroatoms. The number of hydrogen-bond donors (Lipinski definition) is 2. The highest BCUT2D eigenvalue weighted by molar-refractivity contribution is 6.00. The molecule has 36 heavy (non-hydrogen) atoms. The number of carbonyl (C=O) groups is 1. The van der Waals surface area contributed by atoms with Gasteiger partial charge in [-0.1, -0.05) is 26.0 Å². The van der Waals surface area contributed by atoms with Gasteiger partial charge in [-0.3, -0.25) is 15.0 Å². The van der Waals surface area contributed by atoms with E-state index in [1.165, 1.54) is 0 Å². The van der Waals surface area contributed by atoms with Crippen molar-refractivity contribution in [1.82, 2.24) is 29.5 Å². The third-order valence-electron chi connectivity index (χ3n) is 5.86. The molecule has 0 aliphatic heterocycles. The van der Waals surface area contributed by atoms with Crippen LogP contribution in [0.15, 0.2) is 67.3 Å². The average molecular weight is 483 g/mol. The number of nitrogens with zero attached hydrogens (tertiary/aromatic N) is 6. The molecule has 0 bridgehead atoms. The Bertz CT molecular complexity index is 1520. The lowest BCUT2D eigenvalue weighted by atomic mass is 10.0. The summed E-state index contributed by atoms with van der Waals surface area (Å²) in [7, 11) is 3.45. The molecule has 1 aromatic carbocycles. The number of urea groups is 1. The molecule has 0 radical (unpaired) electrons. The third kappa shape index (κ3) is 4.48. The first-order valence-corrected chi connectivity index (χ1v) is 11.5. The summed E-state index contributed by atoms with van der Waals surface area (Å²) in [5.74, 6) is 1.22. The number of methoxy groups -OCH3 is 1. The Kier molecular flexibility index (Phi) is 6.07. The van der Waals surface area contributed by atoms with Crippen LogP contribution >= 0.6 is 0 Å². The van der Waals surface area contributed by atoms with Gasteiger partial charge in [-0.2, -0.15) is 10.2 Å². The molecule has 4 heterocycles. The fraction of sp³-hybridized carbons (Fsp3) is 0.192. The number of carbonyl (C=O) groups excluding carboxylic acids is 1. The van der Waals surface area contributed by atoms with Gasteiger partial charge in [0.15, 0.2) is 0 Å². The van der Waals surface area contributed by atoms with Gasteiger partial charge in [0, 0.05) is 42.0 Å². The first-order valence-electron chi connectivity index (χ1n) is 11.5. The number of anilines is 2. The van der Waals surface area contributed by atoms with Crippen LogP contribution in [0.3, 0.4) is 0 Å². The minimum atomic E-state index is -0.378. The first-order chi connectivity index (χ1) is 17.4. The van der Waals surface area contributed by atoms with Crippen molar-refractivity contribution in [1.29, 1.82) is 0 Å². The third-order valence-corrected chi connectivity index (χ3v) is 5.86. The van der Waals surface area contributed by atoms with E-state index in [9.17, 15) is 4.79 Å². The zero-order valence-electron chi connectivity index (χ0n) is 20.4. The number of amides is 2. The highest BCUT2D eigenvalue weighted by Crippen LogP contribution is 2.28. The lowest BCUT2D eigenvalue weighted by molar-refractivity contribution is 0.262. The van der Waals surface area contributed by atoms with E-state index in [2.05, 4.69) is 30.8 Å². The molecule has 2 amide bonds. The van der Waals surface area contributed by atoms with Crippen LogP contribution in [0, 0.1) is 0 Å². The smallest absolute Gasteiger partial charge is 0.324 e. The zero-order valence-corrected chi connectivity index (χ0v) is 20.4. The maximum absolute atomic E-state index is 12.9. The van der Waals surface area contributed by atoms with Gasteiger partial charge in [-0.25, -0.2) is 14.5 Å². The summed E-state index contributed by atoms with van der Waals surface area (Å²) in [5, 5.41) is 15.8. The fourth-order valence-corrected chi connectivity index (χ4v) is 3.89. The highest BCUT2D eigenvalue weighted by atomic mass is 16.5. The van der Waals surface area contributed by atoms with Crippen LogP contribution in [0.5, 0.6) is 5.88 Å². The Hall–Kier alpha value is -4.73. The average Bonchev–Trinajstić information content (AvgIpc) is 3.48. The summed E-state index contributed by atoms with van der Waals surface area (Å²) in [6.45, 7) is 4.09. The summed E-state index contributed by atoms with van der Waals surface area (Å²) in [4.78, 5) is 21.4. The normalized spacial score (nSPS) is 11.1. The SMILES string of the molecule is COc1ccc(-n2nc(C(C)C)cc2NC(=O)Nc2ccc(-c3cncc4c3cnn4C)cc2)cn1. The van der Waals surface area contributed by atoms with Crippen molar-refractivity contribution in [2.45, 2.75) is 19.8 Å². The van der Waals surface area contributed by atoms with Crippen LogP contribution in [0.25, 0.3) is 27.7 Å². The lowest BCUT2D eigenvalue weighted by Gasteiger charge is -2.11. The van der Waals surface area contributed by atoms with Crippen molar-refractivity contribution in [2.75, 3.05) is 17.7 Å². The minimum Gasteiger partial charge on any atom is -0.481 e. The van der Waals surface area contributed by atoms with Crippen LogP contribution in [-0.4, -0.2) is 42.7 Å². The predicted molar refractivity (Wildman–Crippen MR) is 139 cm³/mol. The number of aryl methyl sites for hydroxylation is 1. The summed E-state index contributed by atoms with van der Waals surface area (Å²) in [5.41, 5.74) is 5.14. The molecule has 5 aromatic rings. The number of hydrogen-bond acceptors (Lipinski definition) is 6. The van der Waals surface area contributed by atoms with Gasteiger partial charge in [-0.05, 0) is 29.7 Å². The molecule has 2 N–H and O–H groups in total. The van der Waals surface area contributed by atoms with Gasteiger partial charge in [-0.15, -0.1) is 0 Å². The Labute approximate surface area is 208 Å². The van der Waals surface area contributed by atoms with Crippen LogP contribution in [-0.2, 0) is 7.05 Å². The molecule has 0 fully saturated rings. The molecule has 0 unspecified atom stereocenters. The van der Waals surface area contributed by atoms with E-state index in [0.29, 0.717) is 23.1 Å². The molecule has 0 spiro atoms. The van der Waals surface area contributed by atoms with E-state index in [4.69, 9.17) is 4.74 Å². The molecular weight excluding hydrogens is 456 g/mol. The van der Waals surface area contributed by atoms with E-state index in [0.717, 1.165) is 27.7 Å². The monoisotopic (exact) mass is 482 g/mol. The van der Waals surface area contributed by atoms with E-state index >= 15 is 0 Å². The van der Waals surface area contributed by atoms with Gasteiger partial charge in [0.05, 0.1) is 42.6 Å². The summed E-state index contributed by atoms with van der Waals surface area (Å²) < 4.78 is 8.59. The number of nitrogens with one attached hydrogen (secondary N) is 2. The van der Waals surface area contributed by atoms with Gasteiger partial charge in [0.1, 0.15) is 5.82 Å². The maximum atomic E-state index is 12.9. The number of rotatable bonds is 6. The number of ether oxygens (including phenoxy) is 1. The van der Waals surface area contributed by atoms with E-state index < -0.39 is 0 Å². The standard InChI is InChI=1S/C26H26N8O2/c1-16(2)22-11-24(34(32-22)19-9-10-25(36-4)28-12-19)31-26(35)30-18-7-5-17(6-8-18)20-13-27-15-23-21(20)14-29-33(23)3/h5-16H,1-4H3,(H2,30,31,35). The quantitative estimate of drug-likeness (QED) is 0.353. The van der Waals surface area contributed by atoms with Crippen molar-refractivity contribution >= 4 is 28.4 Å². The molecule has 0 aliphatic carbocycles. The largest absolute Gasteiger partial charge is 0.481 e. The van der Waals surface area contributed by atoms with Crippen molar-refractivity contribution in [3.05, 3.63) is 72.9 Å². The van der Waals surface area contributed by atoms with Crippen LogP contribution in [0.1, 0.15) is 25.5 Å². The van der Waals surface area contributed by atoms with Crippen molar-refractivity contribution in [3.8, 4) is 22.7 Å². The van der Waals surface area contributed by atoms with Crippen molar-refractivity contribution in [2.24, 2.45) is 7.05 Å². The Morgan fingerprint density at radius 3 is 2.50 bits per heavy atom. The summed E-state index contributed by atoms with van der Waals surface area (Å²) in [6.07, 6.45) is 7.10. The highest BCUT2D eigenvalue weighted by Gasteiger charge is 2.15.